The second-order valence-corrected chi connectivity index (χ2v) is 8.29. The fourth-order valence-corrected chi connectivity index (χ4v) is 4.08. The van der Waals surface area contributed by atoms with E-state index in [0.717, 1.165) is 11.1 Å². The molecule has 0 saturated heterocycles. The molecule has 2 aromatic carbocycles. The van der Waals surface area contributed by atoms with Crippen LogP contribution < -0.4 is 5.32 Å². The van der Waals surface area contributed by atoms with Gasteiger partial charge in [0.15, 0.2) is 5.78 Å². The van der Waals surface area contributed by atoms with Gasteiger partial charge in [0, 0.05) is 25.7 Å². The van der Waals surface area contributed by atoms with Gasteiger partial charge in [-0.15, -0.1) is 11.3 Å². The van der Waals surface area contributed by atoms with Crippen LogP contribution in [-0.2, 0) is 15.1 Å². The van der Waals surface area contributed by atoms with Crippen molar-refractivity contribution < 1.29 is 14.4 Å². The molecule has 0 atom stereocenters. The number of ketones is 2. The molecule has 1 aromatic heterocycles. The summed E-state index contributed by atoms with van der Waals surface area (Å²) in [6.07, 6.45) is 0.579. The van der Waals surface area contributed by atoms with E-state index >= 15 is 0 Å². The number of rotatable bonds is 10. The number of Topliss-reactive ketones (excluding diaryl/α,β-unsaturated/α-hetero) is 2. The third kappa shape index (κ3) is 5.51. The van der Waals surface area contributed by atoms with Crippen molar-refractivity contribution in [2.45, 2.75) is 38.1 Å². The maximum Gasteiger partial charge on any atom is 0.221 e. The van der Waals surface area contributed by atoms with Crippen molar-refractivity contribution in [3.63, 3.8) is 0 Å². The van der Waals surface area contributed by atoms with Gasteiger partial charge >= 0.3 is 0 Å². The van der Waals surface area contributed by atoms with Crippen LogP contribution >= 0.6 is 11.3 Å². The second-order valence-electron chi connectivity index (χ2n) is 7.34. The number of thiophene rings is 1. The van der Waals surface area contributed by atoms with E-state index in [1.807, 2.05) is 79.0 Å². The summed E-state index contributed by atoms with van der Waals surface area (Å²) in [7, 11) is 0. The van der Waals surface area contributed by atoms with Crippen LogP contribution in [0.5, 0.6) is 0 Å². The molecule has 0 radical (unpaired) electrons. The largest absolute Gasteiger partial charge is 0.343 e. The van der Waals surface area contributed by atoms with Gasteiger partial charge in [-0.2, -0.15) is 0 Å². The molecule has 1 heterocycles. The van der Waals surface area contributed by atoms with Crippen LogP contribution in [0.1, 0.15) is 53.4 Å². The number of carbonyl (C=O) groups is 3. The van der Waals surface area contributed by atoms with E-state index in [9.17, 15) is 14.4 Å². The van der Waals surface area contributed by atoms with Gasteiger partial charge in [0.2, 0.25) is 5.91 Å². The Hall–Kier alpha value is -3.05. The highest BCUT2D eigenvalue weighted by atomic mass is 32.1. The monoisotopic (exact) mass is 419 g/mol. The fourth-order valence-electron chi connectivity index (χ4n) is 3.39. The van der Waals surface area contributed by atoms with Gasteiger partial charge in [0.25, 0.3) is 0 Å². The molecule has 4 nitrogen and oxygen atoms in total. The van der Waals surface area contributed by atoms with Crippen LogP contribution in [-0.4, -0.2) is 17.5 Å². The number of amides is 1. The van der Waals surface area contributed by atoms with E-state index in [1.165, 1.54) is 11.3 Å². The fraction of sp³-hybridized carbons (Fsp3) is 0.240. The molecule has 0 spiro atoms. The molecule has 5 heteroatoms. The van der Waals surface area contributed by atoms with Crippen molar-refractivity contribution in [3.8, 4) is 0 Å². The van der Waals surface area contributed by atoms with Crippen molar-refractivity contribution in [1.29, 1.82) is 0 Å². The minimum Gasteiger partial charge on any atom is -0.343 e. The van der Waals surface area contributed by atoms with E-state index in [0.29, 0.717) is 4.88 Å². The molecule has 3 rings (SSSR count). The number of hydrogen-bond acceptors (Lipinski definition) is 4. The molecular formula is C25H25NO3S. The first-order valence-corrected chi connectivity index (χ1v) is 10.9. The van der Waals surface area contributed by atoms with Gasteiger partial charge in [0.05, 0.1) is 10.4 Å². The van der Waals surface area contributed by atoms with Crippen LogP contribution in [0.25, 0.3) is 0 Å². The lowest BCUT2D eigenvalue weighted by molar-refractivity contribution is -0.126. The van der Waals surface area contributed by atoms with E-state index in [4.69, 9.17) is 0 Å². The molecule has 0 fully saturated rings. The lowest BCUT2D eigenvalue weighted by Crippen LogP contribution is -2.44. The Morgan fingerprint density at radius 3 is 1.87 bits per heavy atom. The molecule has 0 aliphatic heterocycles. The SMILES string of the molecule is CC(NC(=O)CCC(=O)CCC(=O)c1cccs1)(c1ccccc1)c1ccccc1. The smallest absolute Gasteiger partial charge is 0.221 e. The molecule has 154 valence electrons. The topological polar surface area (TPSA) is 63.2 Å². The molecule has 0 bridgehead atoms. The van der Waals surface area contributed by atoms with Crippen molar-refractivity contribution in [2.24, 2.45) is 0 Å². The molecule has 0 saturated carbocycles. The number of carbonyl (C=O) groups excluding carboxylic acids is 3. The van der Waals surface area contributed by atoms with Crippen LogP contribution in [0.3, 0.4) is 0 Å². The summed E-state index contributed by atoms with van der Waals surface area (Å²) in [4.78, 5) is 37.6. The molecule has 1 amide bonds. The maximum atomic E-state index is 12.7. The maximum absolute atomic E-state index is 12.7. The molecule has 0 aliphatic carbocycles. The predicted molar refractivity (Wildman–Crippen MR) is 120 cm³/mol. The highest BCUT2D eigenvalue weighted by Gasteiger charge is 2.30. The van der Waals surface area contributed by atoms with Gasteiger partial charge < -0.3 is 5.32 Å². The summed E-state index contributed by atoms with van der Waals surface area (Å²) in [6.45, 7) is 1.97. The molecule has 0 unspecified atom stereocenters. The normalized spacial score (nSPS) is 11.1. The Balaban J connectivity index is 1.58. The van der Waals surface area contributed by atoms with E-state index < -0.39 is 5.54 Å². The lowest BCUT2D eigenvalue weighted by atomic mass is 9.84. The second kappa shape index (κ2) is 10.1. The standard InChI is InChI=1S/C25H25NO3S/c1-25(19-9-4-2-5-10-19,20-11-6-3-7-12-20)26-24(29)17-15-21(27)14-16-22(28)23-13-8-18-30-23/h2-13,18H,14-17H2,1H3,(H,26,29). The van der Waals surface area contributed by atoms with Crippen molar-refractivity contribution in [2.75, 3.05) is 0 Å². The van der Waals surface area contributed by atoms with Gasteiger partial charge in [-0.3, -0.25) is 14.4 Å². The zero-order valence-corrected chi connectivity index (χ0v) is 17.8. The zero-order valence-electron chi connectivity index (χ0n) is 17.0. The Morgan fingerprint density at radius 2 is 1.33 bits per heavy atom. The minimum atomic E-state index is -0.697. The molecule has 1 N–H and O–H groups in total. The Kier molecular flexibility index (Phi) is 7.31. The summed E-state index contributed by atoms with van der Waals surface area (Å²) in [5, 5.41) is 4.96. The lowest BCUT2D eigenvalue weighted by Gasteiger charge is -2.32. The van der Waals surface area contributed by atoms with Gasteiger partial charge in [0.1, 0.15) is 5.78 Å². The van der Waals surface area contributed by atoms with Crippen LogP contribution in [0.2, 0.25) is 0 Å². The summed E-state index contributed by atoms with van der Waals surface area (Å²) in [5.41, 5.74) is 1.24. The molecule has 0 aliphatic rings. The van der Waals surface area contributed by atoms with Gasteiger partial charge in [-0.1, -0.05) is 66.7 Å². The molecule has 30 heavy (non-hydrogen) atoms. The first-order chi connectivity index (χ1) is 14.5. The Bertz CT molecular complexity index is 942. The van der Waals surface area contributed by atoms with Gasteiger partial charge in [-0.05, 0) is 29.5 Å². The summed E-state index contributed by atoms with van der Waals surface area (Å²) in [6, 6.07) is 23.1. The predicted octanol–water partition coefficient (Wildman–Crippen LogP) is 5.14. The average molecular weight is 420 g/mol. The third-order valence-electron chi connectivity index (χ3n) is 5.15. The van der Waals surface area contributed by atoms with Crippen molar-refractivity contribution >= 4 is 28.8 Å². The van der Waals surface area contributed by atoms with E-state index in [2.05, 4.69) is 5.32 Å². The first-order valence-electron chi connectivity index (χ1n) is 9.99. The average Bonchev–Trinajstić information content (AvgIpc) is 3.32. The number of nitrogens with one attached hydrogen (secondary N) is 1. The van der Waals surface area contributed by atoms with Crippen LogP contribution in [0.4, 0.5) is 0 Å². The third-order valence-corrected chi connectivity index (χ3v) is 6.06. The van der Waals surface area contributed by atoms with E-state index in [1.54, 1.807) is 6.07 Å². The highest BCUT2D eigenvalue weighted by molar-refractivity contribution is 7.12. The molecule has 3 aromatic rings. The van der Waals surface area contributed by atoms with E-state index in [-0.39, 0.29) is 43.2 Å². The number of benzene rings is 2. The quantitative estimate of drug-likeness (QED) is 0.463. The van der Waals surface area contributed by atoms with Crippen molar-refractivity contribution in [3.05, 3.63) is 94.2 Å². The molecular weight excluding hydrogens is 394 g/mol. The minimum absolute atomic E-state index is 0.0245. The highest BCUT2D eigenvalue weighted by Crippen LogP contribution is 2.29. The first kappa shape index (κ1) is 21.7. The summed E-state index contributed by atoms with van der Waals surface area (Å²) < 4.78 is 0. The van der Waals surface area contributed by atoms with Crippen LogP contribution in [0, 0.1) is 0 Å². The van der Waals surface area contributed by atoms with Crippen LogP contribution in [0.15, 0.2) is 78.2 Å². The Morgan fingerprint density at radius 1 is 0.767 bits per heavy atom. The zero-order chi connectivity index (χ0) is 21.4. The van der Waals surface area contributed by atoms with Crippen molar-refractivity contribution in [1.82, 2.24) is 5.32 Å². The Labute approximate surface area is 181 Å². The summed E-state index contributed by atoms with van der Waals surface area (Å²) >= 11 is 1.38. The van der Waals surface area contributed by atoms with Gasteiger partial charge in [-0.25, -0.2) is 0 Å². The summed E-state index contributed by atoms with van der Waals surface area (Å²) in [5.74, 6) is -0.289. The number of hydrogen-bond donors (Lipinski definition) is 1.